The Morgan fingerprint density at radius 3 is 3.16 bits per heavy atom. The third kappa shape index (κ3) is 2.65. The molecule has 3 heterocycles. The molecule has 3 aromatic heterocycles. The number of hydrogen-bond donors (Lipinski definition) is 1. The van der Waals surface area contributed by atoms with Crippen LogP contribution in [0.3, 0.4) is 0 Å². The number of imidazole rings is 1. The number of nitrogens with zero attached hydrogens (tertiary/aromatic N) is 4. The molecule has 100 valence electrons. The molecule has 3 rings (SSSR count). The standard InChI is InChI=1S/C12H14ClN5S/c1-9-6-15-17(8-9)3-2-14-7-10-11(13)16-12-18(10)4-5-19-12/h4-6,8,14H,2-3,7H2,1H3. The molecule has 0 aromatic carbocycles. The van der Waals surface area contributed by atoms with Crippen molar-refractivity contribution in [1.82, 2.24) is 24.5 Å². The van der Waals surface area contributed by atoms with Crippen LogP contribution in [0, 0.1) is 6.92 Å². The number of fused-ring (bicyclic) bond motifs is 1. The molecule has 0 amide bonds. The lowest BCUT2D eigenvalue weighted by Gasteiger charge is -2.04. The minimum atomic E-state index is 0.578. The summed E-state index contributed by atoms with van der Waals surface area (Å²) in [4.78, 5) is 5.24. The molecule has 0 spiro atoms. The highest BCUT2D eigenvalue weighted by molar-refractivity contribution is 7.15. The van der Waals surface area contributed by atoms with Gasteiger partial charge < -0.3 is 5.32 Å². The molecular weight excluding hydrogens is 282 g/mol. The average Bonchev–Trinajstić information content (AvgIpc) is 3.03. The summed E-state index contributed by atoms with van der Waals surface area (Å²) < 4.78 is 3.96. The van der Waals surface area contributed by atoms with Gasteiger partial charge in [0.1, 0.15) is 0 Å². The van der Waals surface area contributed by atoms with Crippen LogP contribution in [0.15, 0.2) is 24.0 Å². The summed E-state index contributed by atoms with van der Waals surface area (Å²) in [5.41, 5.74) is 2.19. The summed E-state index contributed by atoms with van der Waals surface area (Å²) in [5, 5.41) is 10.2. The maximum Gasteiger partial charge on any atom is 0.195 e. The Morgan fingerprint density at radius 1 is 1.47 bits per heavy atom. The van der Waals surface area contributed by atoms with E-state index in [0.717, 1.165) is 23.7 Å². The van der Waals surface area contributed by atoms with Crippen LogP contribution in [-0.2, 0) is 13.1 Å². The van der Waals surface area contributed by atoms with E-state index in [1.54, 1.807) is 11.3 Å². The Balaban J connectivity index is 1.57. The molecule has 5 nitrogen and oxygen atoms in total. The summed E-state index contributed by atoms with van der Waals surface area (Å²) in [5.74, 6) is 0. The van der Waals surface area contributed by atoms with Crippen LogP contribution in [0.5, 0.6) is 0 Å². The molecular formula is C12H14ClN5S. The number of hydrogen-bond acceptors (Lipinski definition) is 4. The zero-order valence-electron chi connectivity index (χ0n) is 10.5. The number of aromatic nitrogens is 4. The lowest BCUT2D eigenvalue weighted by Crippen LogP contribution is -2.20. The first-order chi connectivity index (χ1) is 9.24. The Bertz CT molecular complexity index is 683. The molecule has 19 heavy (non-hydrogen) atoms. The fourth-order valence-electron chi connectivity index (χ4n) is 1.95. The molecule has 7 heteroatoms. The van der Waals surface area contributed by atoms with Gasteiger partial charge >= 0.3 is 0 Å². The van der Waals surface area contributed by atoms with Crippen LogP contribution < -0.4 is 5.32 Å². The summed E-state index contributed by atoms with van der Waals surface area (Å²) >= 11 is 7.71. The van der Waals surface area contributed by atoms with Gasteiger partial charge in [-0.2, -0.15) is 5.10 Å². The fourth-order valence-corrected chi connectivity index (χ4v) is 2.97. The highest BCUT2D eigenvalue weighted by Gasteiger charge is 2.10. The first-order valence-corrected chi connectivity index (χ1v) is 7.29. The molecule has 0 aliphatic heterocycles. The number of rotatable bonds is 5. The summed E-state index contributed by atoms with van der Waals surface area (Å²) in [6, 6.07) is 0. The predicted molar refractivity (Wildman–Crippen MR) is 76.7 cm³/mol. The van der Waals surface area contributed by atoms with E-state index in [1.807, 2.05) is 40.0 Å². The van der Waals surface area contributed by atoms with E-state index in [4.69, 9.17) is 11.6 Å². The van der Waals surface area contributed by atoms with Gasteiger partial charge in [-0.25, -0.2) is 4.98 Å². The van der Waals surface area contributed by atoms with Gasteiger partial charge in [0.25, 0.3) is 0 Å². The van der Waals surface area contributed by atoms with Crippen LogP contribution in [0.1, 0.15) is 11.3 Å². The van der Waals surface area contributed by atoms with Gasteiger partial charge in [0.15, 0.2) is 10.1 Å². The van der Waals surface area contributed by atoms with Gasteiger partial charge in [0, 0.05) is 30.9 Å². The molecule has 0 atom stereocenters. The lowest BCUT2D eigenvalue weighted by atomic mass is 10.4. The van der Waals surface area contributed by atoms with Gasteiger partial charge in [0.05, 0.1) is 18.4 Å². The van der Waals surface area contributed by atoms with E-state index in [1.165, 1.54) is 5.56 Å². The van der Waals surface area contributed by atoms with Gasteiger partial charge in [-0.1, -0.05) is 11.6 Å². The normalized spacial score (nSPS) is 11.5. The van der Waals surface area contributed by atoms with Crippen molar-refractivity contribution in [2.24, 2.45) is 0 Å². The molecule has 0 radical (unpaired) electrons. The summed E-state index contributed by atoms with van der Waals surface area (Å²) in [7, 11) is 0. The van der Waals surface area contributed by atoms with Crippen molar-refractivity contribution in [3.63, 3.8) is 0 Å². The molecule has 0 saturated carbocycles. The van der Waals surface area contributed by atoms with Crippen molar-refractivity contribution in [2.45, 2.75) is 20.0 Å². The molecule has 0 saturated heterocycles. The van der Waals surface area contributed by atoms with Crippen LogP contribution in [0.4, 0.5) is 0 Å². The van der Waals surface area contributed by atoms with E-state index in [9.17, 15) is 0 Å². The van der Waals surface area contributed by atoms with E-state index in [-0.39, 0.29) is 0 Å². The molecule has 0 bridgehead atoms. The second-order valence-corrected chi connectivity index (χ2v) is 5.59. The third-order valence-electron chi connectivity index (χ3n) is 2.88. The van der Waals surface area contributed by atoms with Crippen LogP contribution in [0.25, 0.3) is 4.96 Å². The maximum absolute atomic E-state index is 6.13. The quantitative estimate of drug-likeness (QED) is 0.735. The van der Waals surface area contributed by atoms with Crippen molar-refractivity contribution in [3.05, 3.63) is 40.4 Å². The maximum atomic E-state index is 6.13. The van der Waals surface area contributed by atoms with Gasteiger partial charge in [0.2, 0.25) is 0 Å². The van der Waals surface area contributed by atoms with Crippen LogP contribution in [-0.4, -0.2) is 25.7 Å². The first kappa shape index (κ1) is 12.7. The highest BCUT2D eigenvalue weighted by atomic mass is 35.5. The topological polar surface area (TPSA) is 47.2 Å². The summed E-state index contributed by atoms with van der Waals surface area (Å²) in [6.45, 7) is 4.43. The number of aryl methyl sites for hydroxylation is 1. The smallest absolute Gasteiger partial charge is 0.195 e. The van der Waals surface area contributed by atoms with Crippen molar-refractivity contribution in [2.75, 3.05) is 6.54 Å². The number of thiazole rings is 1. The zero-order valence-corrected chi connectivity index (χ0v) is 12.1. The van der Waals surface area contributed by atoms with Crippen molar-refractivity contribution >= 4 is 27.9 Å². The van der Waals surface area contributed by atoms with Crippen LogP contribution >= 0.6 is 22.9 Å². The van der Waals surface area contributed by atoms with Gasteiger partial charge in [-0.15, -0.1) is 11.3 Å². The van der Waals surface area contributed by atoms with E-state index < -0.39 is 0 Å². The molecule has 3 aromatic rings. The Morgan fingerprint density at radius 2 is 2.37 bits per heavy atom. The average molecular weight is 296 g/mol. The van der Waals surface area contributed by atoms with Gasteiger partial charge in [-0.05, 0) is 12.5 Å². The Labute approximate surface area is 119 Å². The minimum Gasteiger partial charge on any atom is -0.309 e. The fraction of sp³-hybridized carbons (Fsp3) is 0.333. The van der Waals surface area contributed by atoms with E-state index >= 15 is 0 Å². The molecule has 1 N–H and O–H groups in total. The molecule has 0 aliphatic rings. The SMILES string of the molecule is Cc1cnn(CCNCc2c(Cl)nc3sccn23)c1. The van der Waals surface area contributed by atoms with Crippen LogP contribution in [0.2, 0.25) is 5.15 Å². The minimum absolute atomic E-state index is 0.578. The van der Waals surface area contributed by atoms with Crippen molar-refractivity contribution < 1.29 is 0 Å². The molecule has 0 fully saturated rings. The number of nitrogens with one attached hydrogen (secondary N) is 1. The zero-order chi connectivity index (χ0) is 13.2. The predicted octanol–water partition coefficient (Wildman–Crippen LogP) is 2.34. The second kappa shape index (κ2) is 5.32. The van der Waals surface area contributed by atoms with Crippen molar-refractivity contribution in [3.8, 4) is 0 Å². The lowest BCUT2D eigenvalue weighted by molar-refractivity contribution is 0.550. The highest BCUT2D eigenvalue weighted by Crippen LogP contribution is 2.20. The molecule has 0 unspecified atom stereocenters. The largest absolute Gasteiger partial charge is 0.309 e. The third-order valence-corrected chi connectivity index (χ3v) is 3.94. The van der Waals surface area contributed by atoms with Gasteiger partial charge in [-0.3, -0.25) is 9.08 Å². The van der Waals surface area contributed by atoms with E-state index in [0.29, 0.717) is 11.7 Å². The van der Waals surface area contributed by atoms with E-state index in [2.05, 4.69) is 15.4 Å². The summed E-state index contributed by atoms with van der Waals surface area (Å²) in [6.07, 6.45) is 5.89. The van der Waals surface area contributed by atoms with Crippen molar-refractivity contribution in [1.29, 1.82) is 0 Å². The Hall–Kier alpha value is -1.37. The molecule has 0 aliphatic carbocycles. The Kier molecular flexibility index (Phi) is 3.54. The monoisotopic (exact) mass is 295 g/mol. The second-order valence-electron chi connectivity index (χ2n) is 4.36. The first-order valence-electron chi connectivity index (χ1n) is 6.04. The number of halogens is 1.